The van der Waals surface area contributed by atoms with E-state index in [1.165, 1.54) is 0 Å². The number of nitrogens with one attached hydrogen (secondary N) is 1. The van der Waals surface area contributed by atoms with Crippen LogP contribution >= 0.6 is 0 Å². The maximum absolute atomic E-state index is 11.6. The number of nitrogens with zero attached hydrogens (tertiary/aromatic N) is 1. The van der Waals surface area contributed by atoms with E-state index in [4.69, 9.17) is 5.11 Å². The minimum absolute atomic E-state index is 0.177. The van der Waals surface area contributed by atoms with E-state index < -0.39 is 18.0 Å². The van der Waals surface area contributed by atoms with Gasteiger partial charge in [0.25, 0.3) is 0 Å². The average molecular weight is 250 g/mol. The maximum atomic E-state index is 11.6. The van der Waals surface area contributed by atoms with E-state index in [2.05, 4.69) is 5.32 Å². The molecule has 0 aromatic heterocycles. The zero-order valence-corrected chi connectivity index (χ0v) is 9.87. The highest BCUT2D eigenvalue weighted by Gasteiger charge is 2.23. The van der Waals surface area contributed by atoms with Gasteiger partial charge in [-0.05, 0) is 12.5 Å². The second kappa shape index (κ2) is 6.39. The number of carboxylic acid groups (broad SMARTS) is 1. The summed E-state index contributed by atoms with van der Waals surface area (Å²) in [5.74, 6) is -1.18. The van der Waals surface area contributed by atoms with Crippen molar-refractivity contribution < 1.29 is 19.5 Å². The molecule has 2 N–H and O–H groups in total. The van der Waals surface area contributed by atoms with Gasteiger partial charge in [0, 0.05) is 6.54 Å². The molecule has 96 valence electrons. The van der Waals surface area contributed by atoms with Crippen LogP contribution in [0, 0.1) is 0 Å². The quantitative estimate of drug-likeness (QED) is 0.763. The minimum atomic E-state index is -1.18. The van der Waals surface area contributed by atoms with Crippen molar-refractivity contribution in [1.82, 2.24) is 10.2 Å². The summed E-state index contributed by atoms with van der Waals surface area (Å²) in [4.78, 5) is 34.2. The molecular formula is C12H14N2O4. The number of hydrogen-bond acceptors (Lipinski definition) is 3. The van der Waals surface area contributed by atoms with Crippen LogP contribution < -0.4 is 5.32 Å². The number of benzene rings is 1. The predicted molar refractivity (Wildman–Crippen MR) is 63.8 cm³/mol. The second-order valence-corrected chi connectivity index (χ2v) is 3.52. The molecule has 0 spiro atoms. The van der Waals surface area contributed by atoms with Crippen molar-refractivity contribution in [3.8, 4) is 0 Å². The van der Waals surface area contributed by atoms with Crippen LogP contribution in [0.15, 0.2) is 30.3 Å². The van der Waals surface area contributed by atoms with Crippen LogP contribution in [0.5, 0.6) is 0 Å². The lowest BCUT2D eigenvalue weighted by molar-refractivity contribution is -0.139. The molecule has 1 unspecified atom stereocenters. The number of urea groups is 1. The van der Waals surface area contributed by atoms with E-state index in [-0.39, 0.29) is 6.54 Å². The van der Waals surface area contributed by atoms with Crippen molar-refractivity contribution in [2.45, 2.75) is 13.0 Å². The Balaban J connectivity index is 2.86. The first kappa shape index (κ1) is 13.7. The van der Waals surface area contributed by atoms with Gasteiger partial charge >= 0.3 is 12.0 Å². The van der Waals surface area contributed by atoms with E-state index in [0.29, 0.717) is 12.0 Å². The lowest BCUT2D eigenvalue weighted by Gasteiger charge is -2.19. The zero-order chi connectivity index (χ0) is 13.5. The molecule has 0 aliphatic rings. The third kappa shape index (κ3) is 3.31. The smallest absolute Gasteiger partial charge is 0.330 e. The lowest BCUT2D eigenvalue weighted by atomic mass is 10.1. The van der Waals surface area contributed by atoms with E-state index in [1.54, 1.807) is 37.3 Å². The molecule has 0 saturated carbocycles. The molecule has 0 saturated heterocycles. The highest BCUT2D eigenvalue weighted by molar-refractivity contribution is 5.88. The average Bonchev–Trinajstić information content (AvgIpc) is 2.38. The van der Waals surface area contributed by atoms with Crippen LogP contribution in [-0.4, -0.2) is 35.0 Å². The van der Waals surface area contributed by atoms with Crippen LogP contribution in [-0.2, 0) is 9.59 Å². The summed E-state index contributed by atoms with van der Waals surface area (Å²) >= 11 is 0. The van der Waals surface area contributed by atoms with Crippen LogP contribution in [0.2, 0.25) is 0 Å². The van der Waals surface area contributed by atoms with Gasteiger partial charge in [0.15, 0.2) is 6.04 Å². The van der Waals surface area contributed by atoms with Crippen LogP contribution in [0.25, 0.3) is 0 Å². The Kier molecular flexibility index (Phi) is 4.86. The van der Waals surface area contributed by atoms with Gasteiger partial charge < -0.3 is 10.4 Å². The standard InChI is InChI=1S/C12H14N2O4/c1-2-14(8-15)12(18)13-10(11(16)17)9-6-4-3-5-7-9/h3-8,10H,2H2,1H3,(H,13,18)(H,16,17). The van der Waals surface area contributed by atoms with E-state index in [0.717, 1.165) is 4.90 Å². The minimum Gasteiger partial charge on any atom is -0.479 e. The number of carboxylic acids is 1. The Bertz CT molecular complexity index is 433. The van der Waals surface area contributed by atoms with Gasteiger partial charge in [-0.3, -0.25) is 9.69 Å². The summed E-state index contributed by atoms with van der Waals surface area (Å²) < 4.78 is 0. The normalized spacial score (nSPS) is 11.4. The summed E-state index contributed by atoms with van der Waals surface area (Å²) in [6.45, 7) is 1.79. The molecule has 0 bridgehead atoms. The first-order chi connectivity index (χ1) is 8.60. The van der Waals surface area contributed by atoms with Gasteiger partial charge in [0.05, 0.1) is 0 Å². The summed E-state index contributed by atoms with van der Waals surface area (Å²) in [7, 11) is 0. The predicted octanol–water partition coefficient (Wildman–Crippen LogP) is 1.00. The van der Waals surface area contributed by atoms with Crippen molar-refractivity contribution in [1.29, 1.82) is 0 Å². The summed E-state index contributed by atoms with van der Waals surface area (Å²) in [6.07, 6.45) is 0.360. The van der Waals surface area contributed by atoms with Gasteiger partial charge in [-0.25, -0.2) is 9.59 Å². The molecule has 1 atom stereocenters. The van der Waals surface area contributed by atoms with Crippen molar-refractivity contribution >= 4 is 18.4 Å². The number of amides is 3. The number of hydrogen-bond donors (Lipinski definition) is 2. The van der Waals surface area contributed by atoms with Gasteiger partial charge in [0.1, 0.15) is 0 Å². The molecule has 3 amide bonds. The van der Waals surface area contributed by atoms with Crippen LogP contribution in [0.1, 0.15) is 18.5 Å². The van der Waals surface area contributed by atoms with Gasteiger partial charge in [-0.1, -0.05) is 30.3 Å². The van der Waals surface area contributed by atoms with Gasteiger partial charge in [0.2, 0.25) is 6.41 Å². The number of imide groups is 1. The monoisotopic (exact) mass is 250 g/mol. The zero-order valence-electron chi connectivity index (χ0n) is 9.87. The molecule has 0 aliphatic carbocycles. The SMILES string of the molecule is CCN(C=O)C(=O)NC(C(=O)O)c1ccccc1. The van der Waals surface area contributed by atoms with Crippen LogP contribution in [0.3, 0.4) is 0 Å². The van der Waals surface area contributed by atoms with Crippen molar-refractivity contribution in [2.75, 3.05) is 6.54 Å². The Morgan fingerprint density at radius 3 is 2.44 bits per heavy atom. The number of carbonyl (C=O) groups excluding carboxylic acids is 2. The third-order valence-electron chi connectivity index (χ3n) is 2.38. The molecule has 0 fully saturated rings. The third-order valence-corrected chi connectivity index (χ3v) is 2.38. The first-order valence-electron chi connectivity index (χ1n) is 5.40. The van der Waals surface area contributed by atoms with Crippen molar-refractivity contribution in [3.05, 3.63) is 35.9 Å². The number of aliphatic carboxylic acids is 1. The molecule has 18 heavy (non-hydrogen) atoms. The van der Waals surface area contributed by atoms with E-state index >= 15 is 0 Å². The largest absolute Gasteiger partial charge is 0.479 e. The highest BCUT2D eigenvalue weighted by Crippen LogP contribution is 2.12. The Labute approximate surface area is 104 Å². The van der Waals surface area contributed by atoms with Gasteiger partial charge in [-0.15, -0.1) is 0 Å². The van der Waals surface area contributed by atoms with Crippen molar-refractivity contribution in [2.24, 2.45) is 0 Å². The van der Waals surface area contributed by atoms with E-state index in [1.807, 2.05) is 0 Å². The molecule has 1 aromatic rings. The Morgan fingerprint density at radius 1 is 1.39 bits per heavy atom. The maximum Gasteiger partial charge on any atom is 0.330 e. The molecule has 1 aromatic carbocycles. The lowest BCUT2D eigenvalue weighted by Crippen LogP contribution is -2.43. The highest BCUT2D eigenvalue weighted by atomic mass is 16.4. The molecule has 6 heteroatoms. The number of rotatable bonds is 5. The first-order valence-corrected chi connectivity index (χ1v) is 5.40. The fourth-order valence-electron chi connectivity index (χ4n) is 1.41. The Hall–Kier alpha value is -2.37. The van der Waals surface area contributed by atoms with Gasteiger partial charge in [-0.2, -0.15) is 0 Å². The van der Waals surface area contributed by atoms with E-state index in [9.17, 15) is 14.4 Å². The molecule has 1 rings (SSSR count). The van der Waals surface area contributed by atoms with Crippen molar-refractivity contribution in [3.63, 3.8) is 0 Å². The molecule has 0 heterocycles. The Morgan fingerprint density at radius 2 is 2.00 bits per heavy atom. The van der Waals surface area contributed by atoms with Crippen LogP contribution in [0.4, 0.5) is 4.79 Å². The fourth-order valence-corrected chi connectivity index (χ4v) is 1.41. The molecule has 6 nitrogen and oxygen atoms in total. The number of carbonyl (C=O) groups is 3. The summed E-state index contributed by atoms with van der Waals surface area (Å²) in [5.41, 5.74) is 0.445. The molecular weight excluding hydrogens is 236 g/mol. The molecule has 0 aliphatic heterocycles. The second-order valence-electron chi connectivity index (χ2n) is 3.52. The molecule has 0 radical (unpaired) electrons. The topological polar surface area (TPSA) is 86.7 Å². The fraction of sp³-hybridized carbons (Fsp3) is 0.250. The summed E-state index contributed by atoms with van der Waals surface area (Å²) in [5, 5.41) is 11.4. The summed E-state index contributed by atoms with van der Waals surface area (Å²) in [6, 6.07) is 6.38.